The maximum absolute atomic E-state index is 13.7. The molecule has 3 fully saturated rings. The van der Waals surface area contributed by atoms with Gasteiger partial charge >= 0.3 is 0 Å². The molecule has 2 bridgehead atoms. The maximum Gasteiger partial charge on any atom is 0.244 e. The van der Waals surface area contributed by atoms with Crippen molar-refractivity contribution in [2.24, 2.45) is 17.8 Å². The molecule has 3 N–H and O–H groups in total. The molecule has 192 valence electrons. The molecular weight excluding hydrogens is 466 g/mol. The summed E-state index contributed by atoms with van der Waals surface area (Å²) in [6.45, 7) is 7.11. The van der Waals surface area contributed by atoms with Crippen LogP contribution in [0.3, 0.4) is 0 Å². The summed E-state index contributed by atoms with van der Waals surface area (Å²) in [5.41, 5.74) is 0.649. The lowest BCUT2D eigenvalue weighted by Crippen LogP contribution is -2.56. The third-order valence-electron chi connectivity index (χ3n) is 7.65. The highest BCUT2D eigenvalue weighted by Gasteiger charge is 2.75. The Morgan fingerprint density at radius 1 is 1.20 bits per heavy atom. The first-order valence-electron chi connectivity index (χ1n) is 12.8. The third kappa shape index (κ3) is 4.53. The molecule has 0 saturated carbocycles. The van der Waals surface area contributed by atoms with E-state index in [1.165, 1.54) is 4.90 Å². The average Bonchev–Trinajstić information content (AvgIpc) is 3.42. The SMILES string of the molecule is CCCCCNC(=O)C1N(CCO)C(=O)[C@@H]2[C@H](C(=O)Nc3ccc(OCC)cc3)[C@@H]3CC(C)C12S3. The maximum atomic E-state index is 13.7. The number of aliphatic hydroxyl groups is 1. The molecule has 0 radical (unpaired) electrons. The van der Waals surface area contributed by atoms with Gasteiger partial charge in [0.15, 0.2) is 0 Å². The van der Waals surface area contributed by atoms with Crippen LogP contribution >= 0.6 is 11.8 Å². The van der Waals surface area contributed by atoms with Gasteiger partial charge in [0.05, 0.1) is 29.8 Å². The van der Waals surface area contributed by atoms with Gasteiger partial charge < -0.3 is 25.4 Å². The molecule has 1 aromatic carbocycles. The number of nitrogens with zero attached hydrogens (tertiary/aromatic N) is 1. The molecule has 3 heterocycles. The highest BCUT2D eigenvalue weighted by Crippen LogP contribution is 2.68. The van der Waals surface area contributed by atoms with Crippen LogP contribution in [0.2, 0.25) is 0 Å². The van der Waals surface area contributed by atoms with Crippen LogP contribution in [0.15, 0.2) is 24.3 Å². The van der Waals surface area contributed by atoms with E-state index in [9.17, 15) is 19.5 Å². The normalized spacial score (nSPS) is 30.9. The predicted octanol–water partition coefficient (Wildman–Crippen LogP) is 2.66. The van der Waals surface area contributed by atoms with Gasteiger partial charge in [0.1, 0.15) is 11.8 Å². The number of thioether (sulfide) groups is 1. The second-order valence-corrected chi connectivity index (χ2v) is 11.3. The van der Waals surface area contributed by atoms with Crippen molar-refractivity contribution in [3.05, 3.63) is 24.3 Å². The van der Waals surface area contributed by atoms with Crippen molar-refractivity contribution in [3.8, 4) is 5.75 Å². The van der Waals surface area contributed by atoms with Crippen molar-refractivity contribution < 1.29 is 24.2 Å². The van der Waals surface area contributed by atoms with E-state index in [1.807, 2.05) is 6.92 Å². The molecule has 8 nitrogen and oxygen atoms in total. The van der Waals surface area contributed by atoms with Crippen LogP contribution in [0, 0.1) is 17.8 Å². The van der Waals surface area contributed by atoms with Crippen LogP contribution in [-0.4, -0.2) is 70.1 Å². The van der Waals surface area contributed by atoms with E-state index in [-0.39, 0.29) is 42.0 Å². The molecule has 3 aliphatic rings. The highest BCUT2D eigenvalue weighted by atomic mass is 32.2. The van der Waals surface area contributed by atoms with Crippen LogP contribution in [0.25, 0.3) is 0 Å². The number of anilines is 1. The van der Waals surface area contributed by atoms with Gasteiger partial charge in [-0.1, -0.05) is 26.7 Å². The minimum Gasteiger partial charge on any atom is -0.494 e. The number of rotatable bonds is 11. The minimum absolute atomic E-state index is 0.0201. The summed E-state index contributed by atoms with van der Waals surface area (Å²) in [5.74, 6) is -0.815. The molecule has 3 saturated heterocycles. The topological polar surface area (TPSA) is 108 Å². The first-order chi connectivity index (χ1) is 16.9. The summed E-state index contributed by atoms with van der Waals surface area (Å²) in [5, 5.41) is 15.7. The van der Waals surface area contributed by atoms with Gasteiger partial charge in [0.2, 0.25) is 17.7 Å². The molecule has 3 amide bonds. The second-order valence-electron chi connectivity index (χ2n) is 9.75. The number of fused-ring (bicyclic) bond motifs is 1. The van der Waals surface area contributed by atoms with Crippen LogP contribution in [0.4, 0.5) is 5.69 Å². The number of unbranched alkanes of at least 4 members (excludes halogenated alkanes) is 2. The number of β-amino-alcohol motifs (C(OH)–C–C–N with tert-alkyl or cyclic N) is 1. The van der Waals surface area contributed by atoms with Crippen molar-refractivity contribution in [3.63, 3.8) is 0 Å². The van der Waals surface area contributed by atoms with Crippen LogP contribution in [0.1, 0.15) is 46.5 Å². The van der Waals surface area contributed by atoms with Crippen LogP contribution in [0.5, 0.6) is 5.75 Å². The Balaban J connectivity index is 1.58. The fourth-order valence-electron chi connectivity index (χ4n) is 6.18. The Morgan fingerprint density at radius 3 is 2.60 bits per heavy atom. The Bertz CT molecular complexity index is 941. The monoisotopic (exact) mass is 503 g/mol. The smallest absolute Gasteiger partial charge is 0.244 e. The van der Waals surface area contributed by atoms with Gasteiger partial charge in [0.25, 0.3) is 0 Å². The predicted molar refractivity (Wildman–Crippen MR) is 136 cm³/mol. The molecule has 9 heteroatoms. The van der Waals surface area contributed by atoms with Crippen molar-refractivity contribution >= 4 is 35.2 Å². The van der Waals surface area contributed by atoms with Crippen molar-refractivity contribution in [2.75, 3.05) is 31.6 Å². The first-order valence-corrected chi connectivity index (χ1v) is 13.7. The number of amides is 3. The summed E-state index contributed by atoms with van der Waals surface area (Å²) in [6.07, 6.45) is 3.75. The standard InChI is InChI=1S/C26H37N3O5S/c1-4-6-7-12-27-24(32)22-26-16(3)15-19(35-26)20(21(26)25(33)29(22)13-14-30)23(31)28-17-8-10-18(11-9-17)34-5-2/h8-11,16,19-22,30H,4-7,12-15H2,1-3H3,(H,27,32)(H,28,31)/t16?,19-,20+,21-,22?,26?/m0/s1. The summed E-state index contributed by atoms with van der Waals surface area (Å²) < 4.78 is 4.81. The van der Waals surface area contributed by atoms with Crippen molar-refractivity contribution in [1.29, 1.82) is 0 Å². The van der Waals surface area contributed by atoms with E-state index in [1.54, 1.807) is 36.0 Å². The molecule has 3 unspecified atom stereocenters. The molecule has 0 aromatic heterocycles. The number of likely N-dealkylation sites (tertiary alicyclic amines) is 1. The molecule has 0 aliphatic carbocycles. The van der Waals surface area contributed by atoms with Gasteiger partial charge in [-0.05, 0) is 49.9 Å². The summed E-state index contributed by atoms with van der Waals surface area (Å²) >= 11 is 1.64. The van der Waals surface area contributed by atoms with E-state index in [0.717, 1.165) is 31.4 Å². The van der Waals surface area contributed by atoms with Gasteiger partial charge in [-0.2, -0.15) is 0 Å². The Hall–Kier alpha value is -2.26. The Labute approximate surface area is 211 Å². The fourth-order valence-corrected chi connectivity index (χ4v) is 8.60. The molecule has 6 atom stereocenters. The summed E-state index contributed by atoms with van der Waals surface area (Å²) in [4.78, 5) is 42.2. The summed E-state index contributed by atoms with van der Waals surface area (Å²) in [6, 6.07) is 6.52. The second kappa shape index (κ2) is 10.8. The first kappa shape index (κ1) is 25.8. The fraction of sp³-hybridized carbons (Fsp3) is 0.654. The van der Waals surface area contributed by atoms with E-state index in [4.69, 9.17) is 4.74 Å². The summed E-state index contributed by atoms with van der Waals surface area (Å²) in [7, 11) is 0. The lowest BCUT2D eigenvalue weighted by molar-refractivity contribution is -0.139. The number of hydrogen-bond acceptors (Lipinski definition) is 6. The van der Waals surface area contributed by atoms with Crippen molar-refractivity contribution in [2.45, 2.75) is 62.5 Å². The molecule has 1 spiro atoms. The van der Waals surface area contributed by atoms with Crippen LogP contribution in [-0.2, 0) is 14.4 Å². The molecule has 3 aliphatic heterocycles. The minimum atomic E-state index is -0.679. The lowest BCUT2D eigenvalue weighted by Gasteiger charge is -2.38. The largest absolute Gasteiger partial charge is 0.494 e. The zero-order chi connectivity index (χ0) is 25.2. The van der Waals surface area contributed by atoms with E-state index < -0.39 is 22.6 Å². The number of ether oxygens (including phenoxy) is 1. The van der Waals surface area contributed by atoms with Gasteiger partial charge in [-0.25, -0.2) is 0 Å². The Kier molecular flexibility index (Phi) is 7.96. The van der Waals surface area contributed by atoms with Gasteiger partial charge in [0, 0.05) is 24.0 Å². The molecule has 1 aromatic rings. The average molecular weight is 504 g/mol. The highest BCUT2D eigenvalue weighted by molar-refractivity contribution is 8.02. The zero-order valence-electron chi connectivity index (χ0n) is 20.8. The van der Waals surface area contributed by atoms with E-state index in [0.29, 0.717) is 18.8 Å². The number of carbonyl (C=O) groups excluding carboxylic acids is 3. The number of aliphatic hydroxyl groups excluding tert-OH is 1. The van der Waals surface area contributed by atoms with E-state index >= 15 is 0 Å². The van der Waals surface area contributed by atoms with Gasteiger partial charge in [-0.15, -0.1) is 11.8 Å². The quantitative estimate of drug-likeness (QED) is 0.401. The van der Waals surface area contributed by atoms with Gasteiger partial charge in [-0.3, -0.25) is 14.4 Å². The third-order valence-corrected chi connectivity index (χ3v) is 9.73. The Morgan fingerprint density at radius 2 is 1.94 bits per heavy atom. The molecule has 35 heavy (non-hydrogen) atoms. The molecule has 4 rings (SSSR count). The number of nitrogens with one attached hydrogen (secondary N) is 2. The zero-order valence-corrected chi connectivity index (χ0v) is 21.6. The lowest BCUT2D eigenvalue weighted by atomic mass is 9.66. The van der Waals surface area contributed by atoms with Crippen molar-refractivity contribution in [1.82, 2.24) is 10.2 Å². The number of carbonyl (C=O) groups is 3. The number of benzene rings is 1. The number of hydrogen-bond donors (Lipinski definition) is 3. The molecular formula is C26H37N3O5S. The van der Waals surface area contributed by atoms with Crippen LogP contribution < -0.4 is 15.4 Å². The van der Waals surface area contributed by atoms with E-state index in [2.05, 4.69) is 24.5 Å².